The summed E-state index contributed by atoms with van der Waals surface area (Å²) in [6, 6.07) is 62.0. The van der Waals surface area contributed by atoms with Crippen LogP contribution in [0.15, 0.2) is 182 Å². The second-order valence-electron chi connectivity index (χ2n) is 13.6. The molecule has 256 valence electrons. The van der Waals surface area contributed by atoms with Gasteiger partial charge in [-0.3, -0.25) is 4.98 Å². The number of aryl methyl sites for hydroxylation is 1. The maximum atomic E-state index is 5.15. The average molecular weight is 694 g/mol. The molecule has 0 atom stereocenters. The Bertz CT molecular complexity index is 2960. The molecule has 10 rings (SSSR count). The van der Waals surface area contributed by atoms with E-state index in [0.29, 0.717) is 0 Å². The molecule has 7 aromatic carbocycles. The molecule has 54 heavy (non-hydrogen) atoms. The van der Waals surface area contributed by atoms with E-state index in [0.717, 1.165) is 73.6 Å². The van der Waals surface area contributed by atoms with Crippen molar-refractivity contribution in [2.75, 3.05) is 4.90 Å². The summed E-state index contributed by atoms with van der Waals surface area (Å²) in [7, 11) is 0. The molecule has 5 heteroatoms. The van der Waals surface area contributed by atoms with Crippen molar-refractivity contribution >= 4 is 60.8 Å². The first kappa shape index (κ1) is 31.6. The lowest BCUT2D eigenvalue weighted by Gasteiger charge is -2.27. The summed E-state index contributed by atoms with van der Waals surface area (Å²) in [5.74, 6) is 0. The Balaban J connectivity index is 1.11. The zero-order chi connectivity index (χ0) is 36.0. The zero-order valence-corrected chi connectivity index (χ0v) is 29.8. The molecular formula is C49H35N5. The normalized spacial score (nSPS) is 11.5. The summed E-state index contributed by atoms with van der Waals surface area (Å²) in [4.78, 5) is 17.4. The van der Waals surface area contributed by atoms with Gasteiger partial charge in [0.1, 0.15) is 0 Å². The fourth-order valence-corrected chi connectivity index (χ4v) is 7.73. The van der Waals surface area contributed by atoms with Crippen molar-refractivity contribution in [3.05, 3.63) is 188 Å². The Kier molecular flexibility index (Phi) is 7.69. The molecular weight excluding hydrogens is 659 g/mol. The molecule has 0 saturated heterocycles. The van der Waals surface area contributed by atoms with Crippen LogP contribution < -0.4 is 4.90 Å². The van der Waals surface area contributed by atoms with Gasteiger partial charge in [-0.15, -0.1) is 0 Å². The number of benzene rings is 7. The number of fused-ring (bicyclic) bond motifs is 5. The fourth-order valence-electron chi connectivity index (χ4n) is 7.73. The van der Waals surface area contributed by atoms with Crippen LogP contribution in [0.25, 0.3) is 71.9 Å². The predicted molar refractivity (Wildman–Crippen MR) is 224 cm³/mol. The van der Waals surface area contributed by atoms with Gasteiger partial charge in [0.2, 0.25) is 0 Å². The molecule has 5 nitrogen and oxygen atoms in total. The molecule has 0 aliphatic rings. The highest BCUT2D eigenvalue weighted by molar-refractivity contribution is 6.09. The molecule has 0 unspecified atom stereocenters. The number of nitrogens with zero attached hydrogens (tertiary/aromatic N) is 5. The lowest BCUT2D eigenvalue weighted by Crippen LogP contribution is -2.11. The summed E-state index contributed by atoms with van der Waals surface area (Å²) in [5.41, 5.74) is 14.4. The minimum absolute atomic E-state index is 0.853. The maximum Gasteiger partial charge on any atom is 0.0973 e. The topological polar surface area (TPSA) is 46.8 Å². The third kappa shape index (κ3) is 5.37. The van der Waals surface area contributed by atoms with Gasteiger partial charge in [-0.25, -0.2) is 9.97 Å². The van der Waals surface area contributed by atoms with Crippen molar-refractivity contribution in [1.29, 1.82) is 0 Å². The van der Waals surface area contributed by atoms with Crippen LogP contribution in [-0.2, 0) is 6.42 Å². The molecule has 0 N–H and O–H groups in total. The molecule has 0 radical (unpaired) electrons. The van der Waals surface area contributed by atoms with E-state index in [1.54, 1.807) is 0 Å². The van der Waals surface area contributed by atoms with E-state index in [4.69, 9.17) is 15.0 Å². The number of para-hydroxylation sites is 4. The summed E-state index contributed by atoms with van der Waals surface area (Å²) in [6.45, 7) is 2.21. The van der Waals surface area contributed by atoms with Crippen LogP contribution in [0.1, 0.15) is 12.5 Å². The molecule has 3 heterocycles. The lowest BCUT2D eigenvalue weighted by atomic mass is 10.0. The lowest BCUT2D eigenvalue weighted by molar-refractivity contribution is 1.14. The second-order valence-corrected chi connectivity index (χ2v) is 13.6. The first-order valence-electron chi connectivity index (χ1n) is 18.4. The van der Waals surface area contributed by atoms with Crippen molar-refractivity contribution in [3.63, 3.8) is 0 Å². The van der Waals surface area contributed by atoms with E-state index >= 15 is 0 Å². The number of hydrogen-bond acceptors (Lipinski definition) is 4. The SMILES string of the molecule is CCc1ccc2c(c1)c1ccccc1n2-c1ccc(N(c2ccc(-c3nc4ccccc4nc3-c3ccccc3)cc2)c2cccc3cccnc23)cc1. The number of pyridine rings is 1. The van der Waals surface area contributed by atoms with Gasteiger partial charge in [0.25, 0.3) is 0 Å². The Morgan fingerprint density at radius 2 is 1.15 bits per heavy atom. The van der Waals surface area contributed by atoms with E-state index in [1.807, 2.05) is 54.7 Å². The van der Waals surface area contributed by atoms with Crippen LogP contribution in [0.4, 0.5) is 17.1 Å². The summed E-state index contributed by atoms with van der Waals surface area (Å²) in [6.07, 6.45) is 2.87. The number of rotatable bonds is 7. The first-order valence-corrected chi connectivity index (χ1v) is 18.4. The molecule has 3 aromatic heterocycles. The van der Waals surface area contributed by atoms with Crippen molar-refractivity contribution < 1.29 is 0 Å². The van der Waals surface area contributed by atoms with Crippen molar-refractivity contribution in [1.82, 2.24) is 19.5 Å². The number of aromatic nitrogens is 4. The molecule has 0 aliphatic carbocycles. The molecule has 0 aliphatic heterocycles. The van der Waals surface area contributed by atoms with Gasteiger partial charge in [0, 0.05) is 50.5 Å². The smallest absolute Gasteiger partial charge is 0.0973 e. The van der Waals surface area contributed by atoms with Crippen molar-refractivity contribution in [2.24, 2.45) is 0 Å². The van der Waals surface area contributed by atoms with Crippen LogP contribution in [0, 0.1) is 0 Å². The van der Waals surface area contributed by atoms with Gasteiger partial charge in [-0.2, -0.15) is 0 Å². The Morgan fingerprint density at radius 1 is 0.519 bits per heavy atom. The highest BCUT2D eigenvalue weighted by Gasteiger charge is 2.19. The van der Waals surface area contributed by atoms with Gasteiger partial charge in [0.15, 0.2) is 0 Å². The van der Waals surface area contributed by atoms with Gasteiger partial charge in [-0.1, -0.05) is 104 Å². The second kappa shape index (κ2) is 13.1. The molecule has 10 aromatic rings. The van der Waals surface area contributed by atoms with Crippen molar-refractivity contribution in [2.45, 2.75) is 13.3 Å². The Morgan fingerprint density at radius 3 is 1.89 bits per heavy atom. The summed E-state index contributed by atoms with van der Waals surface area (Å²) < 4.78 is 2.38. The third-order valence-corrected chi connectivity index (χ3v) is 10.4. The monoisotopic (exact) mass is 693 g/mol. The van der Waals surface area contributed by atoms with Gasteiger partial charge < -0.3 is 9.47 Å². The van der Waals surface area contributed by atoms with E-state index in [-0.39, 0.29) is 0 Å². The molecule has 0 spiro atoms. The largest absolute Gasteiger partial charge is 0.309 e. The van der Waals surface area contributed by atoms with Crippen molar-refractivity contribution in [3.8, 4) is 28.2 Å². The Hall–Kier alpha value is -7.11. The van der Waals surface area contributed by atoms with Gasteiger partial charge in [0.05, 0.1) is 44.7 Å². The minimum Gasteiger partial charge on any atom is -0.309 e. The quantitative estimate of drug-likeness (QED) is 0.167. The average Bonchev–Trinajstić information content (AvgIpc) is 3.58. The number of hydrogen-bond donors (Lipinski definition) is 0. The molecule has 0 bridgehead atoms. The van der Waals surface area contributed by atoms with Crippen LogP contribution in [0.3, 0.4) is 0 Å². The minimum atomic E-state index is 0.853. The van der Waals surface area contributed by atoms with Gasteiger partial charge in [-0.05, 0) is 90.8 Å². The van der Waals surface area contributed by atoms with E-state index < -0.39 is 0 Å². The first-order chi connectivity index (χ1) is 26.7. The van der Waals surface area contributed by atoms with Crippen LogP contribution in [0.5, 0.6) is 0 Å². The summed E-state index contributed by atoms with van der Waals surface area (Å²) in [5, 5.41) is 3.63. The van der Waals surface area contributed by atoms with Gasteiger partial charge >= 0.3 is 0 Å². The standard InChI is InChI=1S/C49H35N5/c1-2-33-21-30-45-41(32-33)40-16-6-9-19-44(40)54(45)39-28-26-38(27-29-39)53(46-20-10-14-34-15-11-31-50-47(34)46)37-24-22-36(23-25-37)49-48(35-12-4-3-5-13-35)51-42-17-7-8-18-43(42)52-49/h3-32H,2H2,1H3. The highest BCUT2D eigenvalue weighted by atomic mass is 15.1. The van der Waals surface area contributed by atoms with Crippen LogP contribution in [-0.4, -0.2) is 19.5 Å². The van der Waals surface area contributed by atoms with Crippen LogP contribution in [0.2, 0.25) is 0 Å². The molecule has 0 fully saturated rings. The Labute approximate surface area is 313 Å². The zero-order valence-electron chi connectivity index (χ0n) is 29.8. The third-order valence-electron chi connectivity index (χ3n) is 10.4. The summed E-state index contributed by atoms with van der Waals surface area (Å²) >= 11 is 0. The molecule has 0 amide bonds. The molecule has 0 saturated carbocycles. The fraction of sp³-hybridized carbons (Fsp3) is 0.0408. The number of anilines is 3. The predicted octanol–water partition coefficient (Wildman–Crippen LogP) is 12.6. The van der Waals surface area contributed by atoms with E-state index in [1.165, 1.54) is 27.4 Å². The maximum absolute atomic E-state index is 5.15. The van der Waals surface area contributed by atoms with E-state index in [9.17, 15) is 0 Å². The highest BCUT2D eigenvalue weighted by Crippen LogP contribution is 2.41. The van der Waals surface area contributed by atoms with Crippen LogP contribution >= 0.6 is 0 Å². The van der Waals surface area contributed by atoms with E-state index in [2.05, 4.69) is 144 Å².